The van der Waals surface area contributed by atoms with Crippen LogP contribution in [0, 0.1) is 0 Å². The highest BCUT2D eigenvalue weighted by Crippen LogP contribution is 2.21. The molecular formula is C15H19BrN2S. The molecule has 0 aromatic carbocycles. The fourth-order valence-corrected chi connectivity index (χ4v) is 2.97. The van der Waals surface area contributed by atoms with E-state index in [1.165, 1.54) is 4.88 Å². The topological polar surface area (TPSA) is 24.9 Å². The molecule has 2 rings (SSSR count). The van der Waals surface area contributed by atoms with Crippen LogP contribution in [-0.4, -0.2) is 11.5 Å². The molecule has 0 fully saturated rings. The number of aromatic nitrogens is 1. The smallest absolute Gasteiger partial charge is 0.0574 e. The summed E-state index contributed by atoms with van der Waals surface area (Å²) in [4.78, 5) is 5.97. The Labute approximate surface area is 127 Å². The molecule has 0 saturated carbocycles. The van der Waals surface area contributed by atoms with Crippen molar-refractivity contribution in [2.24, 2.45) is 0 Å². The van der Waals surface area contributed by atoms with Gasteiger partial charge in [0.05, 0.1) is 5.69 Å². The van der Waals surface area contributed by atoms with Crippen molar-refractivity contribution in [3.05, 3.63) is 50.9 Å². The predicted molar refractivity (Wildman–Crippen MR) is 85.6 cm³/mol. The van der Waals surface area contributed by atoms with Gasteiger partial charge in [-0.15, -0.1) is 11.3 Å². The van der Waals surface area contributed by atoms with Gasteiger partial charge in [0.1, 0.15) is 0 Å². The second-order valence-corrected chi connectivity index (χ2v) is 6.47. The maximum Gasteiger partial charge on any atom is 0.0574 e. The van der Waals surface area contributed by atoms with E-state index in [9.17, 15) is 0 Å². The minimum absolute atomic E-state index is 0.343. The van der Waals surface area contributed by atoms with Crippen LogP contribution in [0.1, 0.15) is 36.4 Å². The van der Waals surface area contributed by atoms with E-state index in [1.807, 2.05) is 17.5 Å². The van der Waals surface area contributed by atoms with Crippen molar-refractivity contribution in [1.29, 1.82) is 0 Å². The maximum absolute atomic E-state index is 4.53. The zero-order valence-electron chi connectivity index (χ0n) is 11.1. The van der Waals surface area contributed by atoms with E-state index in [2.05, 4.69) is 62.8 Å². The van der Waals surface area contributed by atoms with Crippen molar-refractivity contribution in [3.8, 4) is 0 Å². The molecule has 0 amide bonds. The van der Waals surface area contributed by atoms with Crippen LogP contribution in [0.5, 0.6) is 0 Å². The molecule has 102 valence electrons. The van der Waals surface area contributed by atoms with Crippen LogP contribution >= 0.6 is 27.3 Å². The molecule has 1 N–H and O–H groups in total. The molecule has 4 heteroatoms. The highest BCUT2D eigenvalue weighted by Gasteiger charge is 2.12. The molecule has 1 atom stereocenters. The van der Waals surface area contributed by atoms with Crippen molar-refractivity contribution < 1.29 is 0 Å². The summed E-state index contributed by atoms with van der Waals surface area (Å²) in [5.74, 6) is 0. The number of halogens is 1. The summed E-state index contributed by atoms with van der Waals surface area (Å²) in [7, 11) is 0. The van der Waals surface area contributed by atoms with Gasteiger partial charge >= 0.3 is 0 Å². The van der Waals surface area contributed by atoms with E-state index in [4.69, 9.17) is 0 Å². The number of hydrogen-bond acceptors (Lipinski definition) is 3. The fourth-order valence-electron chi connectivity index (χ4n) is 2.01. The van der Waals surface area contributed by atoms with Crippen molar-refractivity contribution in [2.45, 2.75) is 32.2 Å². The summed E-state index contributed by atoms with van der Waals surface area (Å²) < 4.78 is 1.03. The van der Waals surface area contributed by atoms with Gasteiger partial charge in [0.2, 0.25) is 0 Å². The number of nitrogens with one attached hydrogen (secondary N) is 1. The third-order valence-corrected chi connectivity index (χ3v) is 4.41. The highest BCUT2D eigenvalue weighted by molar-refractivity contribution is 9.10. The predicted octanol–water partition coefficient (Wildman–Crippen LogP) is 4.58. The molecule has 0 aliphatic carbocycles. The van der Waals surface area contributed by atoms with Crippen LogP contribution in [0.2, 0.25) is 0 Å². The quantitative estimate of drug-likeness (QED) is 0.799. The summed E-state index contributed by atoms with van der Waals surface area (Å²) in [5, 5.41) is 5.73. The first kappa shape index (κ1) is 14.7. The number of rotatable bonds is 7. The fraction of sp³-hybridized carbons (Fsp3) is 0.400. The molecule has 0 aliphatic heterocycles. The average molecular weight is 339 g/mol. The lowest BCUT2D eigenvalue weighted by Crippen LogP contribution is -2.23. The normalized spacial score (nSPS) is 12.5. The Morgan fingerprint density at radius 2 is 2.26 bits per heavy atom. The van der Waals surface area contributed by atoms with Crippen molar-refractivity contribution in [1.82, 2.24) is 10.3 Å². The first-order valence-electron chi connectivity index (χ1n) is 6.67. The molecular weight excluding hydrogens is 320 g/mol. The Bertz CT molecular complexity index is 467. The number of nitrogens with zero attached hydrogens (tertiary/aromatic N) is 1. The molecule has 2 aromatic heterocycles. The average Bonchev–Trinajstić information content (AvgIpc) is 2.93. The van der Waals surface area contributed by atoms with Gasteiger partial charge in [0.15, 0.2) is 0 Å². The summed E-state index contributed by atoms with van der Waals surface area (Å²) in [5.41, 5.74) is 1.13. The van der Waals surface area contributed by atoms with E-state index < -0.39 is 0 Å². The van der Waals surface area contributed by atoms with E-state index in [-0.39, 0.29) is 0 Å². The zero-order valence-corrected chi connectivity index (χ0v) is 13.5. The highest BCUT2D eigenvalue weighted by atomic mass is 79.9. The standard InChI is InChI=1S/C15H19BrN2S/c1-2-9-17-14(8-6-13-4-3-10-19-13)15-7-5-12(16)11-18-15/h3-5,7,10-11,14,17H,2,6,8-9H2,1H3. The van der Waals surface area contributed by atoms with Gasteiger partial charge in [-0.3, -0.25) is 4.98 Å². The molecule has 0 spiro atoms. The van der Waals surface area contributed by atoms with Gasteiger partial charge < -0.3 is 5.32 Å². The van der Waals surface area contributed by atoms with Crippen LogP contribution in [-0.2, 0) is 6.42 Å². The van der Waals surface area contributed by atoms with Crippen LogP contribution in [0.4, 0.5) is 0 Å². The van der Waals surface area contributed by atoms with Crippen molar-refractivity contribution in [2.75, 3.05) is 6.54 Å². The monoisotopic (exact) mass is 338 g/mol. The molecule has 0 aliphatic rings. The second-order valence-electron chi connectivity index (χ2n) is 4.53. The summed E-state index contributed by atoms with van der Waals surface area (Å²) in [6.45, 7) is 3.23. The van der Waals surface area contributed by atoms with Gasteiger partial charge in [0, 0.05) is 21.6 Å². The Kier molecular flexibility index (Phi) is 6.01. The third kappa shape index (κ3) is 4.71. The van der Waals surface area contributed by atoms with E-state index in [0.717, 1.165) is 36.0 Å². The maximum atomic E-state index is 4.53. The zero-order chi connectivity index (χ0) is 13.5. The van der Waals surface area contributed by atoms with Gasteiger partial charge in [-0.2, -0.15) is 0 Å². The third-order valence-electron chi connectivity index (χ3n) is 3.01. The van der Waals surface area contributed by atoms with Gasteiger partial charge in [0.25, 0.3) is 0 Å². The molecule has 2 heterocycles. The minimum Gasteiger partial charge on any atom is -0.309 e. The lowest BCUT2D eigenvalue weighted by atomic mass is 10.1. The van der Waals surface area contributed by atoms with Crippen molar-refractivity contribution in [3.63, 3.8) is 0 Å². The lowest BCUT2D eigenvalue weighted by Gasteiger charge is -2.17. The Hall–Kier alpha value is -0.710. The SMILES string of the molecule is CCCNC(CCc1cccs1)c1ccc(Br)cn1. The summed E-state index contributed by atoms with van der Waals surface area (Å²) in [6.07, 6.45) is 5.22. The number of aryl methyl sites for hydroxylation is 1. The molecule has 19 heavy (non-hydrogen) atoms. The van der Waals surface area contributed by atoms with Crippen LogP contribution in [0.15, 0.2) is 40.3 Å². The molecule has 0 saturated heterocycles. The molecule has 0 radical (unpaired) electrons. The van der Waals surface area contributed by atoms with E-state index >= 15 is 0 Å². The Balaban J connectivity index is 2.00. The number of pyridine rings is 1. The van der Waals surface area contributed by atoms with Gasteiger partial charge in [-0.1, -0.05) is 13.0 Å². The van der Waals surface area contributed by atoms with Gasteiger partial charge in [-0.05, 0) is 65.3 Å². The first-order chi connectivity index (χ1) is 9.29. The lowest BCUT2D eigenvalue weighted by molar-refractivity contribution is 0.490. The largest absolute Gasteiger partial charge is 0.309 e. The van der Waals surface area contributed by atoms with E-state index in [1.54, 1.807) is 0 Å². The van der Waals surface area contributed by atoms with Crippen LogP contribution in [0.25, 0.3) is 0 Å². The molecule has 2 nitrogen and oxygen atoms in total. The Morgan fingerprint density at radius 3 is 2.89 bits per heavy atom. The molecule has 2 aromatic rings. The number of hydrogen-bond donors (Lipinski definition) is 1. The Morgan fingerprint density at radius 1 is 1.37 bits per heavy atom. The van der Waals surface area contributed by atoms with Gasteiger partial charge in [-0.25, -0.2) is 0 Å². The summed E-state index contributed by atoms with van der Waals surface area (Å²) >= 11 is 5.27. The first-order valence-corrected chi connectivity index (χ1v) is 8.34. The molecule has 1 unspecified atom stereocenters. The van der Waals surface area contributed by atoms with Crippen LogP contribution in [0.3, 0.4) is 0 Å². The number of thiophene rings is 1. The van der Waals surface area contributed by atoms with E-state index in [0.29, 0.717) is 6.04 Å². The summed E-state index contributed by atoms with van der Waals surface area (Å²) in [6, 6.07) is 8.83. The minimum atomic E-state index is 0.343. The second kappa shape index (κ2) is 7.78. The molecule has 0 bridgehead atoms. The van der Waals surface area contributed by atoms with Crippen LogP contribution < -0.4 is 5.32 Å². The van der Waals surface area contributed by atoms with Crippen molar-refractivity contribution >= 4 is 27.3 Å².